The highest BCUT2D eigenvalue weighted by Gasteiger charge is 2.28. The van der Waals surface area contributed by atoms with Crippen LogP contribution in [0.3, 0.4) is 0 Å². The first-order valence-corrected chi connectivity index (χ1v) is 11.3. The topological polar surface area (TPSA) is 117 Å². The Balaban J connectivity index is 1.38. The Morgan fingerprint density at radius 3 is 2.44 bits per heavy atom. The third-order valence-electron chi connectivity index (χ3n) is 5.73. The first-order chi connectivity index (χ1) is 16.4. The number of likely N-dealkylation sites (tertiary alicyclic amines) is 1. The largest absolute Gasteiger partial charge is 0.339 e. The summed E-state index contributed by atoms with van der Waals surface area (Å²) in [4.78, 5) is 42.3. The summed E-state index contributed by atoms with van der Waals surface area (Å²) in [6.07, 6.45) is 1.83. The van der Waals surface area contributed by atoms with Gasteiger partial charge in [-0.15, -0.1) is 0 Å². The molecule has 0 spiro atoms. The van der Waals surface area contributed by atoms with Crippen LogP contribution in [-0.4, -0.2) is 45.9 Å². The quantitative estimate of drug-likeness (QED) is 0.572. The number of rotatable bonds is 6. The van der Waals surface area contributed by atoms with Crippen LogP contribution in [0.5, 0.6) is 0 Å². The van der Waals surface area contributed by atoms with E-state index in [-0.39, 0.29) is 23.6 Å². The van der Waals surface area contributed by atoms with Crippen molar-refractivity contribution in [3.8, 4) is 11.4 Å². The Morgan fingerprint density at radius 1 is 1.03 bits per heavy atom. The molecule has 9 heteroatoms. The zero-order valence-corrected chi connectivity index (χ0v) is 19.2. The van der Waals surface area contributed by atoms with E-state index in [1.54, 1.807) is 36.1 Å². The molecule has 0 aliphatic carbocycles. The predicted octanol–water partition coefficient (Wildman–Crippen LogP) is 4.06. The average Bonchev–Trinajstić information content (AvgIpc) is 3.34. The fraction of sp³-hybridized carbons (Fsp3) is 0.320. The van der Waals surface area contributed by atoms with Crippen LogP contribution in [0.25, 0.3) is 11.4 Å². The second-order valence-electron chi connectivity index (χ2n) is 8.27. The minimum Gasteiger partial charge on any atom is -0.339 e. The second-order valence-corrected chi connectivity index (χ2v) is 8.27. The van der Waals surface area contributed by atoms with E-state index in [0.29, 0.717) is 61.0 Å². The molecule has 1 saturated heterocycles. The lowest BCUT2D eigenvalue weighted by atomic mass is 9.96. The molecule has 1 aliphatic rings. The van der Waals surface area contributed by atoms with Crippen molar-refractivity contribution < 1.29 is 18.9 Å². The van der Waals surface area contributed by atoms with E-state index in [1.165, 1.54) is 6.92 Å². The molecule has 0 atom stereocenters. The van der Waals surface area contributed by atoms with E-state index in [0.717, 1.165) is 5.56 Å². The lowest BCUT2D eigenvalue weighted by Crippen LogP contribution is -2.38. The predicted molar refractivity (Wildman–Crippen MR) is 127 cm³/mol. The maximum absolute atomic E-state index is 12.9. The van der Waals surface area contributed by atoms with Crippen LogP contribution in [-0.2, 0) is 9.59 Å². The summed E-state index contributed by atoms with van der Waals surface area (Å²) in [6.45, 7) is 4.38. The molecule has 0 unspecified atom stereocenters. The van der Waals surface area contributed by atoms with E-state index in [4.69, 9.17) is 4.52 Å². The molecular weight excluding hydrogens is 434 g/mol. The summed E-state index contributed by atoms with van der Waals surface area (Å²) in [5.74, 6) is 0.784. The molecule has 34 heavy (non-hydrogen) atoms. The summed E-state index contributed by atoms with van der Waals surface area (Å²) >= 11 is 0. The highest BCUT2D eigenvalue weighted by Crippen LogP contribution is 2.30. The first-order valence-electron chi connectivity index (χ1n) is 11.3. The summed E-state index contributed by atoms with van der Waals surface area (Å²) in [5, 5.41) is 9.66. The third-order valence-corrected chi connectivity index (χ3v) is 5.73. The minimum atomic E-state index is -0.179. The fourth-order valence-corrected chi connectivity index (χ4v) is 3.95. The summed E-state index contributed by atoms with van der Waals surface area (Å²) < 4.78 is 5.54. The molecule has 3 aromatic rings. The van der Waals surface area contributed by atoms with Gasteiger partial charge in [-0.2, -0.15) is 4.98 Å². The standard InChI is InChI=1S/C25H27N5O4/c1-3-22(32)27-21-9-4-6-18(14-21)23-28-24(34-29-23)17-10-12-30(13-11-17)25(33)19-7-5-8-20(15-19)26-16(2)31/h4-9,14-15,17H,3,10-13H2,1-2H3,(H,26,31)(H,27,32). The van der Waals surface area contributed by atoms with Crippen molar-refractivity contribution in [3.05, 3.63) is 60.0 Å². The number of hydrogen-bond acceptors (Lipinski definition) is 6. The molecule has 1 aliphatic heterocycles. The normalized spacial score (nSPS) is 14.0. The lowest BCUT2D eigenvalue weighted by molar-refractivity contribution is -0.116. The Kier molecular flexibility index (Phi) is 7.01. The molecule has 2 heterocycles. The number of benzene rings is 2. The van der Waals surface area contributed by atoms with Gasteiger partial charge < -0.3 is 20.1 Å². The van der Waals surface area contributed by atoms with E-state index >= 15 is 0 Å². The van der Waals surface area contributed by atoms with Crippen molar-refractivity contribution in [2.45, 2.75) is 39.0 Å². The van der Waals surface area contributed by atoms with Gasteiger partial charge in [0.2, 0.25) is 23.5 Å². The van der Waals surface area contributed by atoms with Gasteiger partial charge in [0.15, 0.2) is 0 Å². The van der Waals surface area contributed by atoms with Crippen molar-refractivity contribution in [3.63, 3.8) is 0 Å². The second kappa shape index (κ2) is 10.3. The number of nitrogens with zero attached hydrogens (tertiary/aromatic N) is 3. The molecule has 176 valence electrons. The number of amides is 3. The minimum absolute atomic E-state index is 0.0610. The highest BCUT2D eigenvalue weighted by atomic mass is 16.5. The third kappa shape index (κ3) is 5.48. The monoisotopic (exact) mass is 461 g/mol. The summed E-state index contributed by atoms with van der Waals surface area (Å²) in [5.41, 5.74) is 2.59. The Hall–Kier alpha value is -4.01. The molecule has 0 saturated carbocycles. The maximum Gasteiger partial charge on any atom is 0.253 e. The molecule has 0 radical (unpaired) electrons. The van der Waals surface area contributed by atoms with Crippen LogP contribution in [0, 0.1) is 0 Å². The van der Waals surface area contributed by atoms with Crippen LogP contribution in [0.2, 0.25) is 0 Å². The van der Waals surface area contributed by atoms with Gasteiger partial charge in [-0.05, 0) is 43.2 Å². The van der Waals surface area contributed by atoms with E-state index < -0.39 is 0 Å². The molecule has 0 bridgehead atoms. The van der Waals surface area contributed by atoms with Crippen LogP contribution in [0.1, 0.15) is 55.3 Å². The Bertz CT molecular complexity index is 1200. The first kappa shape index (κ1) is 23.2. The van der Waals surface area contributed by atoms with Gasteiger partial charge in [-0.3, -0.25) is 14.4 Å². The zero-order chi connectivity index (χ0) is 24.1. The van der Waals surface area contributed by atoms with Gasteiger partial charge >= 0.3 is 0 Å². The van der Waals surface area contributed by atoms with Gasteiger partial charge in [0.05, 0.1) is 0 Å². The molecular formula is C25H27N5O4. The van der Waals surface area contributed by atoms with E-state index in [2.05, 4.69) is 20.8 Å². The van der Waals surface area contributed by atoms with Crippen molar-refractivity contribution in [2.24, 2.45) is 0 Å². The molecule has 4 rings (SSSR count). The van der Waals surface area contributed by atoms with Gasteiger partial charge in [0.1, 0.15) is 0 Å². The SMILES string of the molecule is CCC(=O)Nc1cccc(-c2noc(C3CCN(C(=O)c4cccc(NC(C)=O)c4)CC3)n2)c1. The lowest BCUT2D eigenvalue weighted by Gasteiger charge is -2.30. The number of hydrogen-bond donors (Lipinski definition) is 2. The molecule has 9 nitrogen and oxygen atoms in total. The maximum atomic E-state index is 12.9. The van der Waals surface area contributed by atoms with Crippen molar-refractivity contribution in [2.75, 3.05) is 23.7 Å². The van der Waals surface area contributed by atoms with Gasteiger partial charge in [-0.25, -0.2) is 0 Å². The number of aromatic nitrogens is 2. The number of piperidine rings is 1. The van der Waals surface area contributed by atoms with Crippen LogP contribution < -0.4 is 10.6 Å². The number of anilines is 2. The van der Waals surface area contributed by atoms with Crippen LogP contribution >= 0.6 is 0 Å². The van der Waals surface area contributed by atoms with Crippen molar-refractivity contribution in [1.82, 2.24) is 15.0 Å². The molecule has 2 aromatic carbocycles. The van der Waals surface area contributed by atoms with Gasteiger partial charge in [0, 0.05) is 54.9 Å². The number of nitrogens with one attached hydrogen (secondary N) is 2. The average molecular weight is 462 g/mol. The van der Waals surface area contributed by atoms with Crippen LogP contribution in [0.4, 0.5) is 11.4 Å². The Labute approximate surface area is 197 Å². The summed E-state index contributed by atoms with van der Waals surface area (Å²) in [7, 11) is 0. The van der Waals surface area contributed by atoms with Gasteiger partial charge in [-0.1, -0.05) is 30.3 Å². The molecule has 3 amide bonds. The molecule has 2 N–H and O–H groups in total. The van der Waals surface area contributed by atoms with Crippen molar-refractivity contribution >= 4 is 29.1 Å². The zero-order valence-electron chi connectivity index (χ0n) is 19.2. The smallest absolute Gasteiger partial charge is 0.253 e. The Morgan fingerprint density at radius 2 is 1.74 bits per heavy atom. The molecule has 1 fully saturated rings. The van der Waals surface area contributed by atoms with Crippen LogP contribution in [0.15, 0.2) is 53.1 Å². The fourth-order valence-electron chi connectivity index (χ4n) is 3.95. The highest BCUT2D eigenvalue weighted by molar-refractivity contribution is 5.97. The number of carbonyl (C=O) groups excluding carboxylic acids is 3. The van der Waals surface area contributed by atoms with E-state index in [1.807, 2.05) is 24.3 Å². The van der Waals surface area contributed by atoms with Crippen molar-refractivity contribution in [1.29, 1.82) is 0 Å². The van der Waals surface area contributed by atoms with E-state index in [9.17, 15) is 14.4 Å². The number of carbonyl (C=O) groups is 3. The molecule has 1 aromatic heterocycles. The summed E-state index contributed by atoms with van der Waals surface area (Å²) in [6, 6.07) is 14.3. The van der Waals surface area contributed by atoms with Gasteiger partial charge in [0.25, 0.3) is 5.91 Å².